The smallest absolute Gasteiger partial charge is 0.274 e. The van der Waals surface area contributed by atoms with E-state index < -0.39 is 0 Å². The van der Waals surface area contributed by atoms with Crippen LogP contribution in [0, 0.1) is 0 Å². The summed E-state index contributed by atoms with van der Waals surface area (Å²) in [4.78, 5) is 27.8. The SMILES string of the molecule is Cn1c2c(cc(-c3ccccc3)c1=O)CN(C(=O)c1n[nH]c3c1CCC3)CC2. The number of carbonyl (C=O) groups excluding carboxylic acids is 1. The first-order valence-corrected chi connectivity index (χ1v) is 9.76. The highest BCUT2D eigenvalue weighted by Crippen LogP contribution is 2.27. The number of hydrogen-bond acceptors (Lipinski definition) is 3. The van der Waals surface area contributed by atoms with E-state index in [1.807, 2.05) is 48.3 Å². The van der Waals surface area contributed by atoms with Gasteiger partial charge in [-0.1, -0.05) is 30.3 Å². The fourth-order valence-corrected chi connectivity index (χ4v) is 4.47. The fourth-order valence-electron chi connectivity index (χ4n) is 4.47. The second-order valence-corrected chi connectivity index (χ2v) is 7.62. The van der Waals surface area contributed by atoms with Crippen LogP contribution in [0.3, 0.4) is 0 Å². The Bertz CT molecular complexity index is 1130. The molecule has 0 saturated carbocycles. The number of nitrogens with one attached hydrogen (secondary N) is 1. The van der Waals surface area contributed by atoms with Crippen LogP contribution in [-0.2, 0) is 32.9 Å². The van der Waals surface area contributed by atoms with Gasteiger partial charge in [-0.2, -0.15) is 5.10 Å². The summed E-state index contributed by atoms with van der Waals surface area (Å²) in [5, 5.41) is 7.32. The molecule has 5 rings (SSSR count). The number of carbonyl (C=O) groups is 1. The van der Waals surface area contributed by atoms with Gasteiger partial charge in [0, 0.05) is 49.1 Å². The number of benzene rings is 1. The summed E-state index contributed by atoms with van der Waals surface area (Å²) in [7, 11) is 1.83. The first kappa shape index (κ1) is 17.0. The third kappa shape index (κ3) is 2.59. The lowest BCUT2D eigenvalue weighted by Crippen LogP contribution is -2.39. The molecule has 6 heteroatoms. The first-order valence-electron chi connectivity index (χ1n) is 9.76. The molecule has 0 fully saturated rings. The number of rotatable bonds is 2. The second kappa shape index (κ2) is 6.48. The highest BCUT2D eigenvalue weighted by Gasteiger charge is 2.29. The molecule has 1 aliphatic heterocycles. The van der Waals surface area contributed by atoms with Gasteiger partial charge in [-0.15, -0.1) is 0 Å². The molecular formula is C22H22N4O2. The molecule has 0 saturated heterocycles. The van der Waals surface area contributed by atoms with E-state index in [1.54, 1.807) is 4.57 Å². The monoisotopic (exact) mass is 374 g/mol. The Kier molecular flexibility index (Phi) is 3.93. The van der Waals surface area contributed by atoms with Gasteiger partial charge in [0.25, 0.3) is 11.5 Å². The van der Waals surface area contributed by atoms with Crippen LogP contribution in [0.15, 0.2) is 41.2 Å². The fraction of sp³-hybridized carbons (Fsp3) is 0.318. The first-order chi connectivity index (χ1) is 13.6. The molecule has 1 amide bonds. The minimum absolute atomic E-state index is 0.00912. The van der Waals surface area contributed by atoms with E-state index in [2.05, 4.69) is 10.2 Å². The van der Waals surface area contributed by atoms with Gasteiger partial charge < -0.3 is 9.47 Å². The number of aromatic nitrogens is 3. The molecule has 0 spiro atoms. The molecule has 0 radical (unpaired) electrons. The number of aromatic amines is 1. The van der Waals surface area contributed by atoms with Crippen molar-refractivity contribution < 1.29 is 4.79 Å². The molecule has 6 nitrogen and oxygen atoms in total. The minimum atomic E-state index is -0.0137. The summed E-state index contributed by atoms with van der Waals surface area (Å²) >= 11 is 0. The standard InChI is InChI=1S/C22H22N4O2/c1-25-19-10-11-26(22(28)20-16-8-5-9-18(16)23-24-20)13-15(19)12-17(21(25)27)14-6-3-2-4-7-14/h2-4,6-7,12H,5,8-11,13H2,1H3,(H,23,24). The third-order valence-electron chi connectivity index (χ3n) is 5.99. The molecule has 1 N–H and O–H groups in total. The molecule has 1 aliphatic carbocycles. The van der Waals surface area contributed by atoms with Crippen LogP contribution >= 0.6 is 0 Å². The van der Waals surface area contributed by atoms with Gasteiger partial charge in [-0.05, 0) is 36.5 Å². The van der Waals surface area contributed by atoms with Crippen molar-refractivity contribution in [2.45, 2.75) is 32.2 Å². The van der Waals surface area contributed by atoms with Gasteiger partial charge >= 0.3 is 0 Å². The number of hydrogen-bond donors (Lipinski definition) is 1. The van der Waals surface area contributed by atoms with E-state index in [4.69, 9.17) is 0 Å². The second-order valence-electron chi connectivity index (χ2n) is 7.62. The summed E-state index contributed by atoms with van der Waals surface area (Å²) < 4.78 is 1.74. The average molecular weight is 374 g/mol. The van der Waals surface area contributed by atoms with Crippen LogP contribution in [0.2, 0.25) is 0 Å². The van der Waals surface area contributed by atoms with Crippen molar-refractivity contribution in [3.05, 3.63) is 75.0 Å². The number of H-pyrrole nitrogens is 1. The quantitative estimate of drug-likeness (QED) is 0.749. The molecule has 28 heavy (non-hydrogen) atoms. The van der Waals surface area contributed by atoms with Crippen molar-refractivity contribution in [3.8, 4) is 11.1 Å². The lowest BCUT2D eigenvalue weighted by Gasteiger charge is -2.30. The van der Waals surface area contributed by atoms with Gasteiger partial charge in [-0.3, -0.25) is 14.7 Å². The van der Waals surface area contributed by atoms with Gasteiger partial charge in [-0.25, -0.2) is 0 Å². The molecule has 0 unspecified atom stereocenters. The molecule has 0 bridgehead atoms. The Morgan fingerprint density at radius 2 is 1.96 bits per heavy atom. The topological polar surface area (TPSA) is 71.0 Å². The van der Waals surface area contributed by atoms with Crippen LogP contribution in [0.4, 0.5) is 0 Å². The molecule has 3 heterocycles. The molecule has 0 atom stereocenters. The Morgan fingerprint density at radius 1 is 1.14 bits per heavy atom. The van der Waals surface area contributed by atoms with Crippen molar-refractivity contribution >= 4 is 5.91 Å². The van der Waals surface area contributed by atoms with E-state index in [0.717, 1.165) is 47.3 Å². The van der Waals surface area contributed by atoms with Gasteiger partial charge in [0.1, 0.15) is 0 Å². The van der Waals surface area contributed by atoms with Crippen molar-refractivity contribution in [1.82, 2.24) is 19.7 Å². The number of nitrogens with zero attached hydrogens (tertiary/aromatic N) is 3. The molecule has 142 valence electrons. The normalized spacial score (nSPS) is 15.4. The number of fused-ring (bicyclic) bond motifs is 2. The lowest BCUT2D eigenvalue weighted by molar-refractivity contribution is 0.0725. The predicted molar refractivity (Wildman–Crippen MR) is 106 cm³/mol. The van der Waals surface area contributed by atoms with E-state index >= 15 is 0 Å². The zero-order valence-corrected chi connectivity index (χ0v) is 15.9. The Labute approximate surface area is 162 Å². The zero-order chi connectivity index (χ0) is 19.3. The Balaban J connectivity index is 1.50. The van der Waals surface area contributed by atoms with Crippen LogP contribution < -0.4 is 5.56 Å². The van der Waals surface area contributed by atoms with Crippen molar-refractivity contribution in [2.24, 2.45) is 7.05 Å². The highest BCUT2D eigenvalue weighted by molar-refractivity contribution is 5.94. The van der Waals surface area contributed by atoms with Crippen LogP contribution in [-0.4, -0.2) is 32.1 Å². The molecule has 2 aliphatic rings. The van der Waals surface area contributed by atoms with Gasteiger partial charge in [0.15, 0.2) is 5.69 Å². The third-order valence-corrected chi connectivity index (χ3v) is 5.99. The predicted octanol–water partition coefficient (Wildman–Crippen LogP) is 2.46. The van der Waals surface area contributed by atoms with Gasteiger partial charge in [0.05, 0.1) is 0 Å². The van der Waals surface area contributed by atoms with Crippen molar-refractivity contribution in [3.63, 3.8) is 0 Å². The summed E-state index contributed by atoms with van der Waals surface area (Å²) in [5.74, 6) is -0.0137. The number of pyridine rings is 1. The summed E-state index contributed by atoms with van der Waals surface area (Å²) in [6, 6.07) is 11.7. The Morgan fingerprint density at radius 3 is 2.79 bits per heavy atom. The van der Waals surface area contributed by atoms with E-state index in [1.165, 1.54) is 0 Å². The Hall–Kier alpha value is -3.15. The maximum Gasteiger partial charge on any atom is 0.274 e. The zero-order valence-electron chi connectivity index (χ0n) is 15.9. The highest BCUT2D eigenvalue weighted by atomic mass is 16.2. The summed E-state index contributed by atoms with van der Waals surface area (Å²) in [5.41, 5.74) is 6.40. The van der Waals surface area contributed by atoms with Crippen molar-refractivity contribution in [1.29, 1.82) is 0 Å². The molecule has 1 aromatic carbocycles. The van der Waals surface area contributed by atoms with E-state index in [9.17, 15) is 9.59 Å². The summed E-state index contributed by atoms with van der Waals surface area (Å²) in [6.45, 7) is 1.11. The maximum absolute atomic E-state index is 13.1. The molecular weight excluding hydrogens is 352 g/mol. The van der Waals surface area contributed by atoms with Crippen LogP contribution in [0.25, 0.3) is 11.1 Å². The van der Waals surface area contributed by atoms with Crippen LogP contribution in [0.1, 0.15) is 39.4 Å². The number of aryl methyl sites for hydroxylation is 1. The number of amides is 1. The van der Waals surface area contributed by atoms with E-state index in [0.29, 0.717) is 30.8 Å². The maximum atomic E-state index is 13.1. The largest absolute Gasteiger partial charge is 0.332 e. The summed E-state index contributed by atoms with van der Waals surface area (Å²) in [6.07, 6.45) is 3.65. The van der Waals surface area contributed by atoms with Crippen molar-refractivity contribution in [2.75, 3.05) is 6.54 Å². The van der Waals surface area contributed by atoms with Gasteiger partial charge in [0.2, 0.25) is 0 Å². The molecule has 2 aromatic heterocycles. The lowest BCUT2D eigenvalue weighted by atomic mass is 9.99. The molecule has 3 aromatic rings. The minimum Gasteiger partial charge on any atom is -0.332 e. The van der Waals surface area contributed by atoms with Crippen LogP contribution in [0.5, 0.6) is 0 Å². The average Bonchev–Trinajstić information content (AvgIpc) is 3.34. The van der Waals surface area contributed by atoms with E-state index in [-0.39, 0.29) is 11.5 Å².